The number of hydrogen-bond donors (Lipinski definition) is 2. The average Bonchev–Trinajstić information content (AvgIpc) is 2.18. The van der Waals surface area contributed by atoms with Crippen LogP contribution in [-0.2, 0) is 0 Å². The van der Waals surface area contributed by atoms with Gasteiger partial charge in [0.1, 0.15) is 0 Å². The first-order valence-corrected chi connectivity index (χ1v) is 5.94. The van der Waals surface area contributed by atoms with Gasteiger partial charge in [0.25, 0.3) is 0 Å². The Hall–Kier alpha value is -1.51. The molecule has 0 aliphatic rings. The Kier molecular flexibility index (Phi) is 4.16. The summed E-state index contributed by atoms with van der Waals surface area (Å²) in [5, 5.41) is 3.32. The molecule has 0 amide bonds. The first-order chi connectivity index (χ1) is 7.79. The van der Waals surface area contributed by atoms with Gasteiger partial charge in [0.05, 0.1) is 0 Å². The van der Waals surface area contributed by atoms with E-state index in [1.807, 2.05) is 12.1 Å². The van der Waals surface area contributed by atoms with E-state index >= 15 is 0 Å². The summed E-state index contributed by atoms with van der Waals surface area (Å²) in [6, 6.07) is 5.50. The van der Waals surface area contributed by atoms with Crippen molar-refractivity contribution in [2.45, 2.75) is 34.1 Å². The zero-order chi connectivity index (χ0) is 13.1. The predicted octanol–water partition coefficient (Wildman–Crippen LogP) is 3.32. The van der Waals surface area contributed by atoms with E-state index in [2.05, 4.69) is 26.1 Å². The Morgan fingerprint density at radius 2 is 2.00 bits per heavy atom. The van der Waals surface area contributed by atoms with Crippen LogP contribution in [0.2, 0.25) is 0 Å². The fourth-order valence-electron chi connectivity index (χ4n) is 1.55. The van der Waals surface area contributed by atoms with Gasteiger partial charge in [-0.2, -0.15) is 0 Å². The Morgan fingerprint density at radius 3 is 2.53 bits per heavy atom. The van der Waals surface area contributed by atoms with Crippen LogP contribution >= 0.6 is 0 Å². The summed E-state index contributed by atoms with van der Waals surface area (Å²) in [5.41, 5.74) is 8.13. The summed E-state index contributed by atoms with van der Waals surface area (Å²) < 4.78 is 0. The minimum absolute atomic E-state index is 0.00183. The van der Waals surface area contributed by atoms with Crippen LogP contribution in [0.5, 0.6) is 0 Å². The second-order valence-corrected chi connectivity index (χ2v) is 5.60. The third-order valence-corrected chi connectivity index (χ3v) is 2.64. The third-order valence-electron chi connectivity index (χ3n) is 2.64. The maximum Gasteiger partial charge on any atom is 0.161 e. The number of Topliss-reactive ketones (excluding diaryl/α,β-unsaturated/α-hetero) is 1. The van der Waals surface area contributed by atoms with E-state index in [0.29, 0.717) is 16.7 Å². The lowest BCUT2D eigenvalue weighted by molar-refractivity contribution is 0.101. The van der Waals surface area contributed by atoms with Crippen LogP contribution in [0, 0.1) is 5.41 Å². The molecule has 0 spiro atoms. The van der Waals surface area contributed by atoms with Crippen molar-refractivity contribution in [3.8, 4) is 0 Å². The Balaban J connectivity index is 2.67. The zero-order valence-electron chi connectivity index (χ0n) is 11.1. The standard InChI is InChI=1S/C14H22N2O/c1-10(17)12-9-11(5-6-13(12)15)16-8-7-14(2,3)4/h5-6,9,16H,7-8,15H2,1-4H3. The molecule has 3 N–H and O–H groups in total. The van der Waals surface area contributed by atoms with Gasteiger partial charge in [-0.05, 0) is 37.0 Å². The first-order valence-electron chi connectivity index (χ1n) is 5.94. The van der Waals surface area contributed by atoms with E-state index in [4.69, 9.17) is 5.73 Å². The highest BCUT2D eigenvalue weighted by atomic mass is 16.1. The highest BCUT2D eigenvalue weighted by molar-refractivity contribution is 5.99. The molecule has 0 bridgehead atoms. The van der Waals surface area contributed by atoms with Crippen molar-refractivity contribution in [1.82, 2.24) is 0 Å². The molecule has 3 heteroatoms. The quantitative estimate of drug-likeness (QED) is 0.620. The van der Waals surface area contributed by atoms with Crippen molar-refractivity contribution >= 4 is 17.2 Å². The fourth-order valence-corrected chi connectivity index (χ4v) is 1.55. The summed E-state index contributed by atoms with van der Waals surface area (Å²) in [7, 11) is 0. The summed E-state index contributed by atoms with van der Waals surface area (Å²) in [6.07, 6.45) is 1.08. The van der Waals surface area contributed by atoms with Crippen molar-refractivity contribution in [2.75, 3.05) is 17.6 Å². The van der Waals surface area contributed by atoms with Gasteiger partial charge in [0.2, 0.25) is 0 Å². The Labute approximate surface area is 103 Å². The molecular weight excluding hydrogens is 212 g/mol. The van der Waals surface area contributed by atoms with Gasteiger partial charge in [-0.25, -0.2) is 0 Å². The number of carbonyl (C=O) groups excluding carboxylic acids is 1. The number of benzene rings is 1. The second kappa shape index (κ2) is 5.21. The molecule has 0 fully saturated rings. The molecule has 0 unspecified atom stereocenters. The average molecular weight is 234 g/mol. The molecule has 3 nitrogen and oxygen atoms in total. The van der Waals surface area contributed by atoms with Crippen LogP contribution in [0.15, 0.2) is 18.2 Å². The predicted molar refractivity (Wildman–Crippen MR) is 73.4 cm³/mol. The monoisotopic (exact) mass is 234 g/mol. The SMILES string of the molecule is CC(=O)c1cc(NCCC(C)(C)C)ccc1N. The molecule has 0 aliphatic heterocycles. The van der Waals surface area contributed by atoms with Crippen molar-refractivity contribution < 1.29 is 4.79 Å². The van der Waals surface area contributed by atoms with E-state index in [-0.39, 0.29) is 5.78 Å². The van der Waals surface area contributed by atoms with Crippen LogP contribution in [-0.4, -0.2) is 12.3 Å². The summed E-state index contributed by atoms with van der Waals surface area (Å²) >= 11 is 0. The molecule has 1 aromatic rings. The molecular formula is C14H22N2O. The number of ketones is 1. The van der Waals surface area contributed by atoms with Crippen LogP contribution in [0.4, 0.5) is 11.4 Å². The van der Waals surface area contributed by atoms with E-state index in [1.165, 1.54) is 6.92 Å². The van der Waals surface area contributed by atoms with Crippen LogP contribution in [0.1, 0.15) is 44.5 Å². The van der Waals surface area contributed by atoms with Crippen LogP contribution < -0.4 is 11.1 Å². The smallest absolute Gasteiger partial charge is 0.161 e. The molecule has 0 saturated heterocycles. The second-order valence-electron chi connectivity index (χ2n) is 5.60. The molecule has 0 heterocycles. The normalized spacial score (nSPS) is 11.3. The summed E-state index contributed by atoms with van der Waals surface area (Å²) in [4.78, 5) is 11.3. The maximum absolute atomic E-state index is 11.3. The number of carbonyl (C=O) groups is 1. The Bertz CT molecular complexity index is 405. The van der Waals surface area contributed by atoms with Gasteiger partial charge in [0.15, 0.2) is 5.78 Å². The van der Waals surface area contributed by atoms with E-state index in [1.54, 1.807) is 6.07 Å². The van der Waals surface area contributed by atoms with Gasteiger partial charge in [-0.15, -0.1) is 0 Å². The number of nitrogens with one attached hydrogen (secondary N) is 1. The van der Waals surface area contributed by atoms with Gasteiger partial charge in [-0.1, -0.05) is 20.8 Å². The molecule has 1 aromatic carbocycles. The minimum atomic E-state index is 0.00183. The zero-order valence-corrected chi connectivity index (χ0v) is 11.1. The van der Waals surface area contributed by atoms with Crippen molar-refractivity contribution in [1.29, 1.82) is 0 Å². The topological polar surface area (TPSA) is 55.1 Å². The highest BCUT2D eigenvalue weighted by Crippen LogP contribution is 2.21. The lowest BCUT2D eigenvalue weighted by Gasteiger charge is -2.18. The number of nitrogens with two attached hydrogens (primary N) is 1. The molecule has 0 radical (unpaired) electrons. The van der Waals surface area contributed by atoms with Crippen molar-refractivity contribution in [2.24, 2.45) is 5.41 Å². The third kappa shape index (κ3) is 4.47. The maximum atomic E-state index is 11.3. The highest BCUT2D eigenvalue weighted by Gasteiger charge is 2.10. The first kappa shape index (κ1) is 13.6. The van der Waals surface area contributed by atoms with Gasteiger partial charge in [0, 0.05) is 23.5 Å². The lowest BCUT2D eigenvalue weighted by Crippen LogP contribution is -2.13. The van der Waals surface area contributed by atoms with Crippen molar-refractivity contribution in [3.63, 3.8) is 0 Å². The van der Waals surface area contributed by atoms with E-state index in [9.17, 15) is 4.79 Å². The molecule has 17 heavy (non-hydrogen) atoms. The molecule has 94 valence electrons. The molecule has 0 aliphatic carbocycles. The fraction of sp³-hybridized carbons (Fsp3) is 0.500. The molecule has 1 rings (SSSR count). The number of anilines is 2. The number of nitrogen functional groups attached to an aromatic ring is 1. The molecule has 0 aromatic heterocycles. The van der Waals surface area contributed by atoms with E-state index in [0.717, 1.165) is 18.7 Å². The lowest BCUT2D eigenvalue weighted by atomic mass is 9.92. The van der Waals surface area contributed by atoms with Crippen molar-refractivity contribution in [3.05, 3.63) is 23.8 Å². The van der Waals surface area contributed by atoms with Crippen LogP contribution in [0.25, 0.3) is 0 Å². The van der Waals surface area contributed by atoms with Gasteiger partial charge in [-0.3, -0.25) is 4.79 Å². The minimum Gasteiger partial charge on any atom is -0.398 e. The Morgan fingerprint density at radius 1 is 1.35 bits per heavy atom. The van der Waals surface area contributed by atoms with E-state index < -0.39 is 0 Å². The van der Waals surface area contributed by atoms with Gasteiger partial charge < -0.3 is 11.1 Å². The largest absolute Gasteiger partial charge is 0.398 e. The summed E-state index contributed by atoms with van der Waals surface area (Å²) in [6.45, 7) is 9.05. The van der Waals surface area contributed by atoms with Gasteiger partial charge >= 0.3 is 0 Å². The van der Waals surface area contributed by atoms with Crippen LogP contribution in [0.3, 0.4) is 0 Å². The number of rotatable bonds is 4. The summed E-state index contributed by atoms with van der Waals surface area (Å²) in [5.74, 6) is 0.00183. The molecule has 0 saturated carbocycles. The number of hydrogen-bond acceptors (Lipinski definition) is 3. The molecule has 0 atom stereocenters.